The van der Waals surface area contributed by atoms with Gasteiger partial charge in [0.1, 0.15) is 0 Å². The van der Waals surface area contributed by atoms with Crippen molar-refractivity contribution >= 4 is 29.7 Å². The second-order valence-corrected chi connectivity index (χ2v) is 3.94. The van der Waals surface area contributed by atoms with Gasteiger partial charge < -0.3 is 5.32 Å². The number of benzene rings is 1. The van der Waals surface area contributed by atoms with Gasteiger partial charge in [-0.3, -0.25) is 4.99 Å². The van der Waals surface area contributed by atoms with Crippen LogP contribution in [0, 0.1) is 0 Å². The average molecular weight is 277 g/mol. The number of hydrogen-bond acceptors (Lipinski definition) is 2. The zero-order chi connectivity index (χ0) is 13.8. The van der Waals surface area contributed by atoms with Crippen LogP contribution in [-0.4, -0.2) is 19.9 Å². The molecule has 0 aromatic heterocycles. The number of hydrogen-bond donors (Lipinski definition) is 1. The molecule has 0 heterocycles. The van der Waals surface area contributed by atoms with Crippen molar-refractivity contribution in [2.45, 2.75) is 12.6 Å². The number of nitrogens with zero attached hydrogens (tertiary/aromatic N) is 1. The molecular weight excluding hydrogens is 265 g/mol. The van der Waals surface area contributed by atoms with Gasteiger partial charge in [0.15, 0.2) is 0 Å². The van der Waals surface area contributed by atoms with Gasteiger partial charge in [0.2, 0.25) is 0 Å². The van der Waals surface area contributed by atoms with E-state index in [0.717, 1.165) is 6.08 Å². The highest BCUT2D eigenvalue weighted by atomic mass is 35.5. The van der Waals surface area contributed by atoms with E-state index >= 15 is 0 Å². The Morgan fingerprint density at radius 1 is 1.50 bits per heavy atom. The van der Waals surface area contributed by atoms with Crippen LogP contribution in [0.3, 0.4) is 0 Å². The standard InChI is InChI=1S/C12H12ClF3N2/c1-17-10-4-3-8(13)7-9(10)11(18-2)5-6-12(14,15)16/h3-5,7,18H,1,6H2,2H3/b11-5+. The molecule has 1 aromatic rings. The molecule has 0 spiro atoms. The molecule has 0 fully saturated rings. The lowest BCUT2D eigenvalue weighted by atomic mass is 10.1. The summed E-state index contributed by atoms with van der Waals surface area (Å²) in [6.07, 6.45) is -4.21. The van der Waals surface area contributed by atoms with Crippen LogP contribution >= 0.6 is 11.6 Å². The molecular formula is C12H12ClF3N2. The third-order valence-electron chi connectivity index (χ3n) is 2.23. The Morgan fingerprint density at radius 3 is 2.67 bits per heavy atom. The Labute approximate surface area is 108 Å². The van der Waals surface area contributed by atoms with Crippen molar-refractivity contribution in [1.29, 1.82) is 0 Å². The molecule has 0 aliphatic rings. The van der Waals surface area contributed by atoms with Gasteiger partial charge in [-0.2, -0.15) is 13.2 Å². The highest BCUT2D eigenvalue weighted by molar-refractivity contribution is 6.30. The van der Waals surface area contributed by atoms with Gasteiger partial charge in [0.05, 0.1) is 12.1 Å². The van der Waals surface area contributed by atoms with Crippen molar-refractivity contribution in [2.24, 2.45) is 4.99 Å². The molecule has 98 valence electrons. The van der Waals surface area contributed by atoms with Gasteiger partial charge >= 0.3 is 6.18 Å². The Kier molecular flexibility index (Phi) is 4.78. The fraction of sp³-hybridized carbons (Fsp3) is 0.250. The highest BCUT2D eigenvalue weighted by Gasteiger charge is 2.25. The molecule has 18 heavy (non-hydrogen) atoms. The first-order valence-electron chi connectivity index (χ1n) is 5.08. The van der Waals surface area contributed by atoms with E-state index in [4.69, 9.17) is 11.6 Å². The molecule has 2 nitrogen and oxygen atoms in total. The molecule has 6 heteroatoms. The SMILES string of the molecule is C=Nc1ccc(Cl)cc1/C(=C\CC(F)(F)F)NC. The number of halogens is 4. The third kappa shape index (κ3) is 4.07. The molecule has 0 bridgehead atoms. The normalized spacial score (nSPS) is 12.4. The number of alkyl halides is 3. The highest BCUT2D eigenvalue weighted by Crippen LogP contribution is 2.29. The zero-order valence-corrected chi connectivity index (χ0v) is 10.4. The van der Waals surface area contributed by atoms with Gasteiger partial charge in [-0.25, -0.2) is 0 Å². The van der Waals surface area contributed by atoms with E-state index in [1.807, 2.05) is 0 Å². The minimum absolute atomic E-state index is 0.317. The van der Waals surface area contributed by atoms with Crippen molar-refractivity contribution in [1.82, 2.24) is 5.32 Å². The topological polar surface area (TPSA) is 24.4 Å². The summed E-state index contributed by atoms with van der Waals surface area (Å²) >= 11 is 5.83. The van der Waals surface area contributed by atoms with Crippen LogP contribution in [-0.2, 0) is 0 Å². The Morgan fingerprint density at radius 2 is 2.17 bits per heavy atom. The summed E-state index contributed by atoms with van der Waals surface area (Å²) in [4.78, 5) is 3.75. The molecule has 0 atom stereocenters. The molecule has 0 aliphatic heterocycles. The van der Waals surface area contributed by atoms with Crippen molar-refractivity contribution in [3.8, 4) is 0 Å². The summed E-state index contributed by atoms with van der Waals surface area (Å²) in [5, 5.41) is 3.13. The number of rotatable bonds is 4. The maximum absolute atomic E-state index is 12.2. The molecule has 0 amide bonds. The lowest BCUT2D eigenvalue weighted by molar-refractivity contribution is -0.124. The Bertz CT molecular complexity index is 467. The van der Waals surface area contributed by atoms with Crippen molar-refractivity contribution in [3.63, 3.8) is 0 Å². The summed E-state index contributed by atoms with van der Waals surface area (Å²) in [5.74, 6) is 0. The van der Waals surface area contributed by atoms with Crippen LogP contribution < -0.4 is 5.32 Å². The lowest BCUT2D eigenvalue weighted by Crippen LogP contribution is -2.09. The van der Waals surface area contributed by atoms with Gasteiger partial charge in [-0.1, -0.05) is 17.7 Å². The first-order valence-corrected chi connectivity index (χ1v) is 5.46. The largest absolute Gasteiger partial charge is 0.392 e. The predicted molar refractivity (Wildman–Crippen MR) is 68.4 cm³/mol. The maximum Gasteiger partial charge on any atom is 0.392 e. The summed E-state index contributed by atoms with van der Waals surface area (Å²) in [5.41, 5.74) is 1.28. The monoisotopic (exact) mass is 276 g/mol. The van der Waals surface area contributed by atoms with Crippen LogP contribution in [0.5, 0.6) is 0 Å². The van der Waals surface area contributed by atoms with E-state index < -0.39 is 12.6 Å². The van der Waals surface area contributed by atoms with Crippen molar-refractivity contribution in [2.75, 3.05) is 7.05 Å². The fourth-order valence-electron chi connectivity index (χ4n) is 1.43. The van der Waals surface area contributed by atoms with E-state index in [-0.39, 0.29) is 0 Å². The first kappa shape index (κ1) is 14.6. The maximum atomic E-state index is 12.2. The van der Waals surface area contributed by atoms with Gasteiger partial charge in [-0.05, 0) is 24.9 Å². The molecule has 1 rings (SSSR count). The Hall–Kier alpha value is -1.49. The molecule has 0 radical (unpaired) electrons. The van der Waals surface area contributed by atoms with Crippen LogP contribution in [0.1, 0.15) is 12.0 Å². The summed E-state index contributed by atoms with van der Waals surface area (Å²) in [6, 6.07) is 4.75. The van der Waals surface area contributed by atoms with Gasteiger partial charge in [0, 0.05) is 23.3 Å². The van der Waals surface area contributed by atoms with Crippen LogP contribution in [0.25, 0.3) is 5.70 Å². The zero-order valence-electron chi connectivity index (χ0n) is 9.68. The van der Waals surface area contributed by atoms with Crippen LogP contribution in [0.2, 0.25) is 5.02 Å². The van der Waals surface area contributed by atoms with Gasteiger partial charge in [-0.15, -0.1) is 0 Å². The van der Waals surface area contributed by atoms with Crippen molar-refractivity contribution in [3.05, 3.63) is 34.9 Å². The quantitative estimate of drug-likeness (QED) is 0.820. The van der Waals surface area contributed by atoms with E-state index in [9.17, 15) is 13.2 Å². The van der Waals surface area contributed by atoms with Crippen LogP contribution in [0.4, 0.5) is 18.9 Å². The molecule has 0 aliphatic carbocycles. The van der Waals surface area contributed by atoms with E-state index in [0.29, 0.717) is 22.0 Å². The average Bonchev–Trinajstić information content (AvgIpc) is 2.28. The number of nitrogens with one attached hydrogen (secondary N) is 1. The summed E-state index contributed by atoms with van der Waals surface area (Å²) < 4.78 is 36.6. The third-order valence-corrected chi connectivity index (χ3v) is 2.46. The molecule has 1 N–H and O–H groups in total. The first-order chi connectivity index (χ1) is 8.37. The predicted octanol–water partition coefficient (Wildman–Crippen LogP) is 4.18. The van der Waals surface area contributed by atoms with E-state index in [1.165, 1.54) is 7.05 Å². The molecule has 0 saturated heterocycles. The van der Waals surface area contributed by atoms with Gasteiger partial charge in [0.25, 0.3) is 0 Å². The van der Waals surface area contributed by atoms with Crippen molar-refractivity contribution < 1.29 is 13.2 Å². The summed E-state index contributed by atoms with van der Waals surface area (Å²) in [6.45, 7) is 3.38. The Balaban J connectivity index is 3.15. The van der Waals surface area contributed by atoms with E-state index in [1.54, 1.807) is 18.2 Å². The molecule has 0 saturated carbocycles. The fourth-order valence-corrected chi connectivity index (χ4v) is 1.60. The molecule has 1 aromatic carbocycles. The summed E-state index contributed by atoms with van der Waals surface area (Å²) in [7, 11) is 1.54. The second kappa shape index (κ2) is 5.91. The molecule has 0 unspecified atom stereocenters. The smallest absolute Gasteiger partial charge is 0.388 e. The lowest BCUT2D eigenvalue weighted by Gasteiger charge is -2.11. The van der Waals surface area contributed by atoms with Crippen LogP contribution in [0.15, 0.2) is 29.3 Å². The number of allylic oxidation sites excluding steroid dienone is 1. The minimum Gasteiger partial charge on any atom is -0.388 e. The van der Waals surface area contributed by atoms with E-state index in [2.05, 4.69) is 17.0 Å². The minimum atomic E-state index is -4.25. The second-order valence-electron chi connectivity index (χ2n) is 3.51. The number of aliphatic imine (C=N–C) groups is 1.